The summed E-state index contributed by atoms with van der Waals surface area (Å²) < 4.78 is 45.8. The van der Waals surface area contributed by atoms with Crippen LogP contribution in [0.1, 0.15) is 44.7 Å². The van der Waals surface area contributed by atoms with Gasteiger partial charge in [0.15, 0.2) is 11.5 Å². The summed E-state index contributed by atoms with van der Waals surface area (Å²) in [4.78, 5) is 29.1. The van der Waals surface area contributed by atoms with Gasteiger partial charge in [-0.3, -0.25) is 13.9 Å². The third kappa shape index (κ3) is 8.61. The predicted molar refractivity (Wildman–Crippen MR) is 176 cm³/mol. The Kier molecular flexibility index (Phi) is 12.5. The fourth-order valence-electron chi connectivity index (χ4n) is 4.73. The number of carbonyl (C=O) groups is 2. The zero-order chi connectivity index (χ0) is 33.3. The number of nitrogens with one attached hydrogen (secondary N) is 1. The zero-order valence-electron chi connectivity index (χ0n) is 26.8. The summed E-state index contributed by atoms with van der Waals surface area (Å²) in [5.41, 5.74) is 1.89. The van der Waals surface area contributed by atoms with Crippen molar-refractivity contribution in [1.82, 2.24) is 10.2 Å². The fraction of sp³-hybridized carbons (Fsp3) is 0.394. The monoisotopic (exact) mass is 659 g/mol. The molecule has 0 aromatic heterocycles. The molecule has 0 bridgehead atoms. The highest BCUT2D eigenvalue weighted by Crippen LogP contribution is 2.37. The first-order valence-corrected chi connectivity index (χ1v) is 16.5. The second kappa shape index (κ2) is 15.9. The zero-order valence-corrected chi connectivity index (χ0v) is 28.4. The van der Waals surface area contributed by atoms with E-state index < -0.39 is 28.5 Å². The summed E-state index contributed by atoms with van der Waals surface area (Å²) in [6.45, 7) is 7.05. The fourth-order valence-corrected chi connectivity index (χ4v) is 6.33. The first kappa shape index (κ1) is 35.5. The molecule has 0 saturated carbocycles. The van der Waals surface area contributed by atoms with Gasteiger partial charge in [0.2, 0.25) is 11.8 Å². The van der Waals surface area contributed by atoms with E-state index in [9.17, 15) is 18.0 Å². The van der Waals surface area contributed by atoms with E-state index in [1.54, 1.807) is 6.07 Å². The molecule has 0 aliphatic heterocycles. The number of hydrogen-bond donors (Lipinski definition) is 1. The number of benzene rings is 3. The number of ether oxygens (including phenoxy) is 3. The summed E-state index contributed by atoms with van der Waals surface area (Å²) in [7, 11) is -0.199. The number of halogens is 1. The standard InChI is InChI=1S/C33H42ClN3O7S/c1-8-23(4)35-33(39)27(9-2)36(20-24-12-10-22(3)11-13-24)32(38)21-37(28-18-25(34)14-16-29(28)42-5)45(40,41)26-15-17-30(43-6)31(19-26)44-7/h10-19,23,27H,8-9,20-21H2,1-7H3,(H,35,39). The summed E-state index contributed by atoms with van der Waals surface area (Å²) in [6, 6.07) is 15.3. The molecule has 0 aliphatic rings. The number of rotatable bonds is 15. The van der Waals surface area contributed by atoms with Crippen LogP contribution in [0.2, 0.25) is 5.02 Å². The topological polar surface area (TPSA) is 114 Å². The van der Waals surface area contributed by atoms with Crippen molar-refractivity contribution in [3.05, 3.63) is 76.8 Å². The number of methoxy groups -OCH3 is 3. The van der Waals surface area contributed by atoms with E-state index in [1.807, 2.05) is 52.0 Å². The summed E-state index contributed by atoms with van der Waals surface area (Å²) in [5.74, 6) is -0.198. The molecule has 0 radical (unpaired) electrons. The highest BCUT2D eigenvalue weighted by molar-refractivity contribution is 7.92. The van der Waals surface area contributed by atoms with Crippen LogP contribution < -0.4 is 23.8 Å². The highest BCUT2D eigenvalue weighted by Gasteiger charge is 2.35. The van der Waals surface area contributed by atoms with Crippen molar-refractivity contribution < 1.29 is 32.2 Å². The number of sulfonamides is 1. The first-order valence-electron chi connectivity index (χ1n) is 14.6. The van der Waals surface area contributed by atoms with Gasteiger partial charge in [0.1, 0.15) is 18.3 Å². The van der Waals surface area contributed by atoms with Crippen LogP contribution in [0.25, 0.3) is 0 Å². The quantitative estimate of drug-likeness (QED) is 0.226. The van der Waals surface area contributed by atoms with Crippen molar-refractivity contribution in [3.8, 4) is 17.2 Å². The maximum atomic E-state index is 14.4. The smallest absolute Gasteiger partial charge is 0.265 e. The molecule has 0 spiro atoms. The van der Waals surface area contributed by atoms with E-state index in [0.717, 1.165) is 15.4 Å². The lowest BCUT2D eigenvalue weighted by molar-refractivity contribution is -0.140. The number of hydrogen-bond acceptors (Lipinski definition) is 7. The van der Waals surface area contributed by atoms with Gasteiger partial charge in [-0.25, -0.2) is 8.42 Å². The molecule has 45 heavy (non-hydrogen) atoms. The van der Waals surface area contributed by atoms with Gasteiger partial charge in [-0.2, -0.15) is 0 Å². The molecule has 10 nitrogen and oxygen atoms in total. The molecule has 3 aromatic rings. The SMILES string of the molecule is CCC(C)NC(=O)C(CC)N(Cc1ccc(C)cc1)C(=O)CN(c1cc(Cl)ccc1OC)S(=O)(=O)c1ccc(OC)c(OC)c1. The Morgan fingerprint density at radius 3 is 2.07 bits per heavy atom. The van der Waals surface area contributed by atoms with Crippen LogP contribution >= 0.6 is 11.6 Å². The molecule has 2 unspecified atom stereocenters. The minimum absolute atomic E-state index is 0.0560. The van der Waals surface area contributed by atoms with Crippen LogP contribution in [0.15, 0.2) is 65.6 Å². The number of amides is 2. The molecule has 1 N–H and O–H groups in total. The van der Waals surface area contributed by atoms with Crippen molar-refractivity contribution >= 4 is 39.1 Å². The van der Waals surface area contributed by atoms with Crippen molar-refractivity contribution in [1.29, 1.82) is 0 Å². The van der Waals surface area contributed by atoms with E-state index in [1.165, 1.54) is 56.6 Å². The van der Waals surface area contributed by atoms with Gasteiger partial charge in [0, 0.05) is 23.7 Å². The Balaban J connectivity index is 2.17. The van der Waals surface area contributed by atoms with Crippen molar-refractivity contribution in [2.24, 2.45) is 0 Å². The van der Waals surface area contributed by atoms with E-state index in [2.05, 4.69) is 5.32 Å². The number of aryl methyl sites for hydroxylation is 1. The molecule has 2 atom stereocenters. The van der Waals surface area contributed by atoms with Crippen molar-refractivity contribution in [2.75, 3.05) is 32.2 Å². The molecule has 0 fully saturated rings. The molecule has 0 heterocycles. The molecule has 0 saturated heterocycles. The van der Waals surface area contributed by atoms with Gasteiger partial charge in [-0.05, 0) is 62.6 Å². The molecule has 2 amide bonds. The van der Waals surface area contributed by atoms with Crippen LogP contribution in [0.5, 0.6) is 17.2 Å². The van der Waals surface area contributed by atoms with Gasteiger partial charge in [-0.1, -0.05) is 55.3 Å². The number of nitrogens with zero attached hydrogens (tertiary/aromatic N) is 2. The van der Waals surface area contributed by atoms with Gasteiger partial charge in [0.25, 0.3) is 10.0 Å². The van der Waals surface area contributed by atoms with Gasteiger partial charge < -0.3 is 24.4 Å². The van der Waals surface area contributed by atoms with Crippen LogP contribution in [-0.4, -0.2) is 65.1 Å². The minimum atomic E-state index is -4.43. The van der Waals surface area contributed by atoms with Gasteiger partial charge in [-0.15, -0.1) is 0 Å². The number of anilines is 1. The average Bonchev–Trinajstić information content (AvgIpc) is 3.03. The third-order valence-electron chi connectivity index (χ3n) is 7.49. The molecule has 0 aliphatic carbocycles. The average molecular weight is 660 g/mol. The van der Waals surface area contributed by atoms with E-state index in [-0.39, 0.29) is 45.6 Å². The molecular formula is C33H42ClN3O7S. The Bertz CT molecular complexity index is 1580. The largest absolute Gasteiger partial charge is 0.495 e. The van der Waals surface area contributed by atoms with Gasteiger partial charge >= 0.3 is 0 Å². The van der Waals surface area contributed by atoms with Crippen molar-refractivity contribution in [3.63, 3.8) is 0 Å². The maximum Gasteiger partial charge on any atom is 0.265 e. The second-order valence-corrected chi connectivity index (χ2v) is 12.9. The minimum Gasteiger partial charge on any atom is -0.495 e. The third-order valence-corrected chi connectivity index (χ3v) is 9.48. The van der Waals surface area contributed by atoms with E-state index in [0.29, 0.717) is 18.6 Å². The Morgan fingerprint density at radius 2 is 1.49 bits per heavy atom. The Hall–Kier alpha value is -3.96. The van der Waals surface area contributed by atoms with Crippen LogP contribution in [0.3, 0.4) is 0 Å². The van der Waals surface area contributed by atoms with Crippen molar-refractivity contribution in [2.45, 2.75) is 64.1 Å². The Morgan fingerprint density at radius 1 is 0.867 bits per heavy atom. The molecular weight excluding hydrogens is 618 g/mol. The lowest BCUT2D eigenvalue weighted by Gasteiger charge is -2.34. The Labute approximate surface area is 271 Å². The molecule has 3 rings (SSSR count). The highest BCUT2D eigenvalue weighted by atomic mass is 35.5. The summed E-state index contributed by atoms with van der Waals surface area (Å²) in [5, 5.41) is 3.21. The van der Waals surface area contributed by atoms with Crippen LogP contribution in [-0.2, 0) is 26.2 Å². The summed E-state index contributed by atoms with van der Waals surface area (Å²) in [6.07, 6.45) is 1.02. The van der Waals surface area contributed by atoms with Gasteiger partial charge in [0.05, 0.1) is 31.9 Å². The summed E-state index contributed by atoms with van der Waals surface area (Å²) >= 11 is 6.34. The normalized spacial score (nSPS) is 12.5. The van der Waals surface area contributed by atoms with E-state index in [4.69, 9.17) is 25.8 Å². The maximum absolute atomic E-state index is 14.4. The molecule has 244 valence electrons. The van der Waals surface area contributed by atoms with Crippen LogP contribution in [0.4, 0.5) is 5.69 Å². The molecule has 12 heteroatoms. The lowest BCUT2D eigenvalue weighted by Crippen LogP contribution is -2.53. The predicted octanol–water partition coefficient (Wildman–Crippen LogP) is 5.59. The van der Waals surface area contributed by atoms with E-state index >= 15 is 0 Å². The second-order valence-electron chi connectivity index (χ2n) is 10.6. The number of carbonyl (C=O) groups excluding carboxylic acids is 2. The van der Waals surface area contributed by atoms with Crippen LogP contribution in [0, 0.1) is 6.92 Å². The lowest BCUT2D eigenvalue weighted by atomic mass is 10.1. The molecule has 3 aromatic carbocycles. The first-order chi connectivity index (χ1) is 21.4.